The van der Waals surface area contributed by atoms with Crippen LogP contribution in [-0.4, -0.2) is 114 Å². The number of carbonyl (C=O) groups excluding carboxylic acids is 5. The lowest BCUT2D eigenvalue weighted by Gasteiger charge is -2.67. The van der Waals surface area contributed by atoms with Gasteiger partial charge in [0.2, 0.25) is 0 Å². The van der Waals surface area contributed by atoms with Gasteiger partial charge < -0.3 is 48.7 Å². The summed E-state index contributed by atoms with van der Waals surface area (Å²) in [5.74, 6) is -6.18. The van der Waals surface area contributed by atoms with Gasteiger partial charge in [-0.3, -0.25) is 9.59 Å². The Morgan fingerprint density at radius 2 is 1.60 bits per heavy atom. The molecule has 6 rings (SSSR count). The Morgan fingerprint density at radius 1 is 0.967 bits per heavy atom. The number of amides is 1. The Bertz CT molecular complexity index is 2230. The summed E-state index contributed by atoms with van der Waals surface area (Å²) in [5, 5.41) is 28.1. The molecule has 3 N–H and O–H groups in total. The summed E-state index contributed by atoms with van der Waals surface area (Å²) < 4.78 is 90.5. The van der Waals surface area contributed by atoms with Crippen molar-refractivity contribution in [3.05, 3.63) is 82.9 Å². The number of ketones is 1. The molecule has 15 heteroatoms. The Labute approximate surface area is 358 Å². The van der Waals surface area contributed by atoms with Crippen LogP contribution in [-0.2, 0) is 47.5 Å². The third-order valence-corrected chi connectivity index (χ3v) is 12.8. The molecule has 2 saturated carbocycles. The lowest BCUT2D eigenvalue weighted by Crippen LogP contribution is -2.82. The number of Topliss-reactive ketones (excluding diaryl/α,β-unsaturated/α-hetero) is 1. The highest BCUT2D eigenvalue weighted by atomic mass is 16.6. The maximum Gasteiger partial charge on any atom is 0.408 e. The molecule has 1 saturated heterocycles. The molecule has 0 radical (unpaired) electrons. The quantitative estimate of drug-likeness (QED) is 0.171. The normalized spacial score (nSPS) is 34.9. The van der Waals surface area contributed by atoms with E-state index in [2.05, 4.69) is 5.32 Å². The van der Waals surface area contributed by atoms with Crippen LogP contribution in [0.5, 0.6) is 0 Å². The van der Waals surface area contributed by atoms with Crippen LogP contribution in [0, 0.1) is 16.7 Å². The van der Waals surface area contributed by atoms with Crippen LogP contribution in [0.4, 0.5) is 4.79 Å². The first-order valence-electron chi connectivity index (χ1n) is 22.7. The van der Waals surface area contributed by atoms with Crippen LogP contribution in [0.3, 0.4) is 0 Å². The van der Waals surface area contributed by atoms with Crippen molar-refractivity contribution in [2.24, 2.45) is 16.7 Å². The van der Waals surface area contributed by atoms with Crippen molar-refractivity contribution in [1.82, 2.24) is 5.32 Å². The number of benzene rings is 2. The summed E-state index contributed by atoms with van der Waals surface area (Å²) in [6.45, 7) is 11.0. The van der Waals surface area contributed by atoms with Gasteiger partial charge in [-0.25, -0.2) is 14.4 Å². The zero-order valence-corrected chi connectivity index (χ0v) is 34.8. The number of hydrogen-bond donors (Lipinski definition) is 3. The number of fused-ring (bicyclic) bond motifs is 5. The first kappa shape index (κ1) is 37.1. The van der Waals surface area contributed by atoms with E-state index in [1.165, 1.54) is 52.0 Å². The fraction of sp³-hybridized carbons (Fsp3) is 0.578. The van der Waals surface area contributed by atoms with Crippen molar-refractivity contribution >= 4 is 29.8 Å². The van der Waals surface area contributed by atoms with E-state index in [0.717, 1.165) is 6.92 Å². The number of ether oxygens (including phenoxy) is 7. The maximum atomic E-state index is 15.9. The molecule has 326 valence electrons. The number of alkyl carbamates (subject to hydrolysis) is 1. The number of esters is 3. The molecule has 4 aliphatic rings. The summed E-state index contributed by atoms with van der Waals surface area (Å²) in [7, 11) is -6.55. The van der Waals surface area contributed by atoms with Gasteiger partial charge in [-0.1, -0.05) is 62.4 Å². The molecule has 2 bridgehead atoms. The van der Waals surface area contributed by atoms with E-state index in [9.17, 15) is 29.4 Å². The summed E-state index contributed by atoms with van der Waals surface area (Å²) in [4.78, 5) is 70.9. The van der Waals surface area contributed by atoms with Gasteiger partial charge in [-0.2, -0.15) is 0 Å². The van der Waals surface area contributed by atoms with Crippen LogP contribution in [0.25, 0.3) is 0 Å². The number of aliphatic hydroxyl groups excluding tert-OH is 1. The molecule has 3 aliphatic carbocycles. The van der Waals surface area contributed by atoms with Crippen molar-refractivity contribution in [2.75, 3.05) is 20.7 Å². The largest absolute Gasteiger partial charge is 0.456 e. The monoisotopic (exact) mass is 841 g/mol. The third kappa shape index (κ3) is 7.52. The van der Waals surface area contributed by atoms with E-state index in [1.54, 1.807) is 57.2 Å². The Morgan fingerprint density at radius 3 is 2.17 bits per heavy atom. The summed E-state index contributed by atoms with van der Waals surface area (Å²) >= 11 is 0. The first-order chi connectivity index (χ1) is 30.4. The Kier molecular flexibility index (Phi) is 10.1. The molecule has 1 aliphatic heterocycles. The van der Waals surface area contributed by atoms with E-state index in [1.807, 2.05) is 0 Å². The standard InChI is InChI=1S/C45H57NO14/c1-24-28(57-39(51)33(48)32(26-17-13-11-14-18-26)46-40(52)60-41(3,4)5)22-45(53)37(58-38(50)27-19-15-12-16-20-27)35-43(8,36(49)34(55-10)31(24)42(45,6)7)29(54-9)21-30-44(35,23-56-30)59-25(2)47/h11-20,28-30,32-35,37,48,53H,21-23H2,1-10H3,(H,46,52)/t28-,29-,30+,32-,33+,34+,35-,37-,43+,44-,45+/m0/s1/i9D3,10D3. The number of aliphatic hydroxyl groups is 2. The van der Waals surface area contributed by atoms with Crippen LogP contribution < -0.4 is 5.32 Å². The molecular weight excluding hydrogens is 778 g/mol. The number of methoxy groups -OCH3 is 2. The fourth-order valence-corrected chi connectivity index (χ4v) is 9.79. The summed E-state index contributed by atoms with van der Waals surface area (Å²) in [6, 6.07) is 14.0. The highest BCUT2D eigenvalue weighted by Gasteiger charge is 2.78. The molecule has 1 heterocycles. The van der Waals surface area contributed by atoms with Gasteiger partial charge in [0.1, 0.15) is 35.6 Å². The van der Waals surface area contributed by atoms with E-state index in [-0.39, 0.29) is 22.3 Å². The third-order valence-electron chi connectivity index (χ3n) is 12.8. The smallest absolute Gasteiger partial charge is 0.408 e. The minimum absolute atomic E-state index is 0.0111. The molecule has 0 aromatic heterocycles. The van der Waals surface area contributed by atoms with E-state index in [0.29, 0.717) is 0 Å². The van der Waals surface area contributed by atoms with Gasteiger partial charge in [0.05, 0.1) is 43.9 Å². The predicted molar refractivity (Wildman–Crippen MR) is 213 cm³/mol. The summed E-state index contributed by atoms with van der Waals surface area (Å²) in [6.07, 6.45) is -13.0. The van der Waals surface area contributed by atoms with E-state index < -0.39 is 140 Å². The molecule has 2 aromatic carbocycles. The van der Waals surface area contributed by atoms with Crippen LogP contribution in [0.1, 0.15) is 98.4 Å². The molecule has 1 amide bonds. The first-order valence-corrected chi connectivity index (χ1v) is 19.7. The maximum absolute atomic E-state index is 15.9. The molecule has 0 unspecified atom stereocenters. The topological polar surface area (TPSA) is 202 Å². The van der Waals surface area contributed by atoms with Crippen LogP contribution >= 0.6 is 0 Å². The molecule has 11 atom stereocenters. The van der Waals surface area contributed by atoms with Crippen molar-refractivity contribution < 1.29 is 75.6 Å². The predicted octanol–water partition coefficient (Wildman–Crippen LogP) is 4.57. The highest BCUT2D eigenvalue weighted by molar-refractivity contribution is 5.94. The lowest BCUT2D eigenvalue weighted by atomic mass is 9.44. The molecule has 3 fully saturated rings. The van der Waals surface area contributed by atoms with Crippen molar-refractivity contribution in [3.63, 3.8) is 0 Å². The highest BCUT2D eigenvalue weighted by Crippen LogP contribution is 2.64. The van der Waals surface area contributed by atoms with Crippen LogP contribution in [0.15, 0.2) is 71.8 Å². The van der Waals surface area contributed by atoms with Gasteiger partial charge in [-0.15, -0.1) is 0 Å². The van der Waals surface area contributed by atoms with Gasteiger partial charge in [-0.05, 0) is 63.5 Å². The second-order valence-corrected chi connectivity index (χ2v) is 17.8. The van der Waals surface area contributed by atoms with Gasteiger partial charge in [0.15, 0.2) is 17.5 Å². The second-order valence-electron chi connectivity index (χ2n) is 17.8. The average Bonchev–Trinajstić information content (AvgIpc) is 3.19. The molecular formula is C45H57NO14. The van der Waals surface area contributed by atoms with Gasteiger partial charge in [0.25, 0.3) is 0 Å². The number of hydrogen-bond acceptors (Lipinski definition) is 14. The molecule has 60 heavy (non-hydrogen) atoms. The zero-order chi connectivity index (χ0) is 49.2. The minimum atomic E-state index is -3.35. The summed E-state index contributed by atoms with van der Waals surface area (Å²) in [5.41, 5.74) is -9.76. The zero-order valence-electron chi connectivity index (χ0n) is 40.8. The fourth-order valence-electron chi connectivity index (χ4n) is 9.79. The average molecular weight is 842 g/mol. The number of rotatable bonds is 10. The molecule has 2 aromatic rings. The minimum Gasteiger partial charge on any atom is -0.456 e. The van der Waals surface area contributed by atoms with Crippen molar-refractivity contribution in [1.29, 1.82) is 0 Å². The van der Waals surface area contributed by atoms with Crippen LogP contribution in [0.2, 0.25) is 0 Å². The Balaban J connectivity index is 1.60. The van der Waals surface area contributed by atoms with E-state index in [4.69, 9.17) is 41.4 Å². The van der Waals surface area contributed by atoms with Crippen molar-refractivity contribution in [3.8, 4) is 0 Å². The van der Waals surface area contributed by atoms with E-state index >= 15 is 4.79 Å². The number of nitrogens with one attached hydrogen (secondary N) is 1. The van der Waals surface area contributed by atoms with Crippen molar-refractivity contribution in [2.45, 2.75) is 128 Å². The second kappa shape index (κ2) is 16.3. The van der Waals surface area contributed by atoms with Gasteiger partial charge >= 0.3 is 24.0 Å². The number of carbonyl (C=O) groups is 5. The molecule has 15 nitrogen and oxygen atoms in total. The SMILES string of the molecule is [2H]C([2H])([2H])O[C@H]1C(=O)[C@]2(C)[C@@H](OC([2H])([2H])[2H])C[C@H]3OC[C@@]3(OC(C)=O)[C@H]2[C@H](OC(=O)c2ccccc2)[C@]2(O)C[C@H](OC(=O)[C@H](O)[C@@H](NC(=O)OC(C)(C)C)c3ccccc3)C(C)=C1C2(C)C. The lowest BCUT2D eigenvalue weighted by molar-refractivity contribution is -0.347. The Hall–Kier alpha value is -4.67. The molecule has 0 spiro atoms. The van der Waals surface area contributed by atoms with Gasteiger partial charge in [0, 0.05) is 39.3 Å².